The monoisotopic (exact) mass is 281 g/mol. The van der Waals surface area contributed by atoms with E-state index in [4.69, 9.17) is 5.26 Å². The zero-order valence-electron chi connectivity index (χ0n) is 10.6. The van der Waals surface area contributed by atoms with E-state index in [0.29, 0.717) is 29.0 Å². The molecule has 6 nitrogen and oxygen atoms in total. The molecule has 2 aromatic heterocycles. The van der Waals surface area contributed by atoms with Gasteiger partial charge in [-0.15, -0.1) is 0 Å². The van der Waals surface area contributed by atoms with Crippen molar-refractivity contribution in [1.82, 2.24) is 14.6 Å². The van der Waals surface area contributed by atoms with Gasteiger partial charge in [-0.25, -0.2) is 13.9 Å². The lowest BCUT2D eigenvalue weighted by atomic mass is 10.1. The highest BCUT2D eigenvalue weighted by molar-refractivity contribution is 5.77. The molecule has 21 heavy (non-hydrogen) atoms. The molecule has 102 valence electrons. The number of hydrogen-bond acceptors (Lipinski definition) is 4. The number of fused-ring (bicyclic) bond motifs is 1. The molecule has 0 radical (unpaired) electrons. The third kappa shape index (κ3) is 2.19. The number of pyridine rings is 1. The quantitative estimate of drug-likeness (QED) is 0.744. The summed E-state index contributed by atoms with van der Waals surface area (Å²) >= 11 is 0. The minimum absolute atomic E-state index is 0.0317. The second kappa shape index (κ2) is 5.02. The van der Waals surface area contributed by atoms with Crippen molar-refractivity contribution < 1.29 is 9.18 Å². The molecule has 1 aromatic carbocycles. The Bertz CT molecular complexity index is 881. The van der Waals surface area contributed by atoms with Crippen LogP contribution in [-0.2, 0) is 4.79 Å². The summed E-state index contributed by atoms with van der Waals surface area (Å²) in [5, 5.41) is 15.4. The first-order valence-corrected chi connectivity index (χ1v) is 5.97. The summed E-state index contributed by atoms with van der Waals surface area (Å²) in [5.74, 6) is -0.614. The van der Waals surface area contributed by atoms with Crippen LogP contribution in [0.3, 0.4) is 0 Å². The number of benzene rings is 1. The normalized spacial score (nSPS) is 10.3. The molecular formula is C14H8FN5O. The SMILES string of the molecule is N#Cc1ccc(-c2cc(NC=O)cc3ncnn23)cc1F. The fourth-order valence-electron chi connectivity index (χ4n) is 2.05. The molecule has 0 aliphatic heterocycles. The van der Waals surface area contributed by atoms with E-state index in [2.05, 4.69) is 15.4 Å². The lowest BCUT2D eigenvalue weighted by molar-refractivity contribution is -0.105. The van der Waals surface area contributed by atoms with Crippen molar-refractivity contribution in [3.63, 3.8) is 0 Å². The highest BCUT2D eigenvalue weighted by Gasteiger charge is 2.10. The van der Waals surface area contributed by atoms with Crippen molar-refractivity contribution in [2.45, 2.75) is 0 Å². The van der Waals surface area contributed by atoms with Gasteiger partial charge in [0.1, 0.15) is 18.2 Å². The number of nitrogens with zero attached hydrogens (tertiary/aromatic N) is 4. The smallest absolute Gasteiger partial charge is 0.211 e. The summed E-state index contributed by atoms with van der Waals surface area (Å²) in [7, 11) is 0. The Balaban J connectivity index is 2.23. The molecule has 0 aliphatic carbocycles. The number of rotatable bonds is 3. The fraction of sp³-hybridized carbons (Fsp3) is 0. The van der Waals surface area contributed by atoms with Gasteiger partial charge in [0.25, 0.3) is 0 Å². The highest BCUT2D eigenvalue weighted by Crippen LogP contribution is 2.25. The van der Waals surface area contributed by atoms with Gasteiger partial charge >= 0.3 is 0 Å². The standard InChI is InChI=1S/C14H8FN5O/c15-12-3-9(1-2-10(12)6-16)13-4-11(18-8-21)5-14-17-7-19-20(13)14/h1-5,7-8H,(H,18,21). The average Bonchev–Trinajstić information content (AvgIpc) is 2.95. The summed E-state index contributed by atoms with van der Waals surface area (Å²) < 4.78 is 15.3. The zero-order valence-corrected chi connectivity index (χ0v) is 10.6. The molecular weight excluding hydrogens is 273 g/mol. The molecule has 1 amide bonds. The molecule has 0 aliphatic rings. The lowest BCUT2D eigenvalue weighted by Crippen LogP contribution is -2.00. The zero-order chi connectivity index (χ0) is 14.8. The van der Waals surface area contributed by atoms with Crippen molar-refractivity contribution in [2.24, 2.45) is 0 Å². The second-order valence-electron chi connectivity index (χ2n) is 4.23. The van der Waals surface area contributed by atoms with E-state index < -0.39 is 5.82 Å². The van der Waals surface area contributed by atoms with E-state index >= 15 is 0 Å². The number of halogens is 1. The van der Waals surface area contributed by atoms with Crippen molar-refractivity contribution in [1.29, 1.82) is 5.26 Å². The van der Waals surface area contributed by atoms with Gasteiger partial charge < -0.3 is 5.32 Å². The van der Waals surface area contributed by atoms with Crippen LogP contribution in [0.25, 0.3) is 16.9 Å². The Hall–Kier alpha value is -3.27. The molecule has 0 saturated heterocycles. The van der Waals surface area contributed by atoms with Crippen molar-refractivity contribution in [3.05, 3.63) is 48.0 Å². The van der Waals surface area contributed by atoms with Crippen molar-refractivity contribution >= 4 is 17.7 Å². The number of carbonyl (C=O) groups is 1. The summed E-state index contributed by atoms with van der Waals surface area (Å²) in [4.78, 5) is 14.6. The van der Waals surface area contributed by atoms with Crippen molar-refractivity contribution in [3.8, 4) is 17.3 Å². The Morgan fingerprint density at radius 3 is 2.90 bits per heavy atom. The van der Waals surface area contributed by atoms with Gasteiger partial charge in [-0.3, -0.25) is 4.79 Å². The molecule has 0 bridgehead atoms. The third-order valence-corrected chi connectivity index (χ3v) is 2.99. The minimum atomic E-state index is -0.614. The van der Waals surface area contributed by atoms with E-state index in [1.54, 1.807) is 24.3 Å². The first-order valence-electron chi connectivity index (χ1n) is 5.97. The Kier molecular flexibility index (Phi) is 3.04. The van der Waals surface area contributed by atoms with E-state index in [0.717, 1.165) is 0 Å². The van der Waals surface area contributed by atoms with Gasteiger partial charge in [-0.05, 0) is 18.2 Å². The predicted octanol–water partition coefficient (Wildman–Crippen LogP) is 1.98. The van der Waals surface area contributed by atoms with E-state index in [9.17, 15) is 9.18 Å². The molecule has 0 saturated carbocycles. The maximum atomic E-state index is 13.8. The Labute approximate surface area is 118 Å². The topological polar surface area (TPSA) is 83.1 Å². The number of amides is 1. The highest BCUT2D eigenvalue weighted by atomic mass is 19.1. The van der Waals surface area contributed by atoms with Crippen LogP contribution in [-0.4, -0.2) is 21.0 Å². The van der Waals surface area contributed by atoms with Gasteiger partial charge in [-0.2, -0.15) is 10.4 Å². The molecule has 0 unspecified atom stereocenters. The Morgan fingerprint density at radius 1 is 1.33 bits per heavy atom. The van der Waals surface area contributed by atoms with Crippen LogP contribution in [0, 0.1) is 17.1 Å². The van der Waals surface area contributed by atoms with Gasteiger partial charge in [0, 0.05) is 17.3 Å². The number of aromatic nitrogens is 3. The number of hydrogen-bond donors (Lipinski definition) is 1. The van der Waals surface area contributed by atoms with Crippen LogP contribution < -0.4 is 5.32 Å². The number of nitrogens with one attached hydrogen (secondary N) is 1. The van der Waals surface area contributed by atoms with Gasteiger partial charge in [-0.1, -0.05) is 6.07 Å². The maximum Gasteiger partial charge on any atom is 0.211 e. The number of anilines is 1. The van der Waals surface area contributed by atoms with E-state index in [1.165, 1.54) is 23.0 Å². The van der Waals surface area contributed by atoms with E-state index in [1.807, 2.05) is 0 Å². The van der Waals surface area contributed by atoms with Crippen LogP contribution >= 0.6 is 0 Å². The third-order valence-electron chi connectivity index (χ3n) is 2.99. The summed E-state index contributed by atoms with van der Waals surface area (Å²) in [5.41, 5.74) is 2.08. The van der Waals surface area contributed by atoms with Crippen LogP contribution in [0.1, 0.15) is 5.56 Å². The first kappa shape index (κ1) is 12.7. The summed E-state index contributed by atoms with van der Waals surface area (Å²) in [6.45, 7) is 0. The number of carbonyl (C=O) groups excluding carboxylic acids is 1. The predicted molar refractivity (Wildman–Crippen MR) is 72.8 cm³/mol. The molecule has 0 fully saturated rings. The second-order valence-corrected chi connectivity index (χ2v) is 4.23. The average molecular weight is 281 g/mol. The lowest BCUT2D eigenvalue weighted by Gasteiger charge is -2.08. The van der Waals surface area contributed by atoms with Gasteiger partial charge in [0.05, 0.1) is 11.3 Å². The van der Waals surface area contributed by atoms with Gasteiger partial charge in [0.15, 0.2) is 5.65 Å². The van der Waals surface area contributed by atoms with Crippen LogP contribution in [0.5, 0.6) is 0 Å². The van der Waals surface area contributed by atoms with Crippen LogP contribution in [0.2, 0.25) is 0 Å². The van der Waals surface area contributed by atoms with Gasteiger partial charge in [0.2, 0.25) is 6.41 Å². The molecule has 3 aromatic rings. The molecule has 3 rings (SSSR count). The molecule has 1 N–H and O–H groups in total. The van der Waals surface area contributed by atoms with Crippen LogP contribution in [0.15, 0.2) is 36.7 Å². The van der Waals surface area contributed by atoms with Crippen molar-refractivity contribution in [2.75, 3.05) is 5.32 Å². The molecule has 0 atom stereocenters. The van der Waals surface area contributed by atoms with E-state index in [-0.39, 0.29) is 5.56 Å². The minimum Gasteiger partial charge on any atom is -0.328 e. The van der Waals surface area contributed by atoms with Crippen LogP contribution in [0.4, 0.5) is 10.1 Å². The first-order chi connectivity index (χ1) is 10.2. The maximum absolute atomic E-state index is 13.8. The Morgan fingerprint density at radius 2 is 2.19 bits per heavy atom. The number of nitriles is 1. The fourth-order valence-corrected chi connectivity index (χ4v) is 2.05. The summed E-state index contributed by atoms with van der Waals surface area (Å²) in [6, 6.07) is 9.32. The molecule has 2 heterocycles. The molecule has 7 heteroatoms. The molecule has 0 spiro atoms. The largest absolute Gasteiger partial charge is 0.328 e. The summed E-state index contributed by atoms with van der Waals surface area (Å²) in [6.07, 6.45) is 1.91.